The monoisotopic (exact) mass is 275 g/mol. The van der Waals surface area contributed by atoms with E-state index in [0.717, 1.165) is 12.8 Å². The highest BCUT2D eigenvalue weighted by molar-refractivity contribution is 7.86. The number of fused-ring (bicyclic) bond motifs is 2. The number of Topliss-reactive ketones (excluding diaryl/α,β-unsaturated/α-hetero) is 1. The molecule has 0 N–H and O–H groups in total. The Labute approximate surface area is 113 Å². The molecule has 2 atom stereocenters. The van der Waals surface area contributed by atoms with Crippen molar-refractivity contribution < 1.29 is 9.00 Å². The third-order valence-corrected chi connectivity index (χ3v) is 6.14. The Hall–Kier alpha value is -1.61. The number of nitrogens with zero attached hydrogens (tertiary/aromatic N) is 3. The molecule has 0 aliphatic carbocycles. The average molecular weight is 275 g/mol. The Morgan fingerprint density at radius 2 is 1.84 bits per heavy atom. The van der Waals surface area contributed by atoms with Gasteiger partial charge in [-0.1, -0.05) is 0 Å². The Balaban J connectivity index is 1.77. The van der Waals surface area contributed by atoms with Crippen molar-refractivity contribution >= 4 is 16.6 Å². The van der Waals surface area contributed by atoms with Crippen LogP contribution in [0.2, 0.25) is 0 Å². The number of rotatable bonds is 2. The van der Waals surface area contributed by atoms with Gasteiger partial charge in [-0.15, -0.1) is 0 Å². The van der Waals surface area contributed by atoms with Gasteiger partial charge in [0.2, 0.25) is 5.82 Å². The molecule has 2 aliphatic rings. The van der Waals surface area contributed by atoms with Gasteiger partial charge in [-0.05, 0) is 25.7 Å². The summed E-state index contributed by atoms with van der Waals surface area (Å²) in [5.74, 6) is 0.0335. The molecule has 1 aromatic heterocycles. The lowest BCUT2D eigenvalue weighted by Gasteiger charge is -2.26. The molecule has 5 nitrogen and oxygen atoms in total. The third kappa shape index (κ3) is 2.19. The van der Waals surface area contributed by atoms with Crippen LogP contribution < -0.4 is 0 Å². The van der Waals surface area contributed by atoms with E-state index in [0.29, 0.717) is 18.4 Å². The van der Waals surface area contributed by atoms with Crippen LogP contribution in [0.5, 0.6) is 0 Å². The minimum Gasteiger partial charge on any atom is -0.294 e. The van der Waals surface area contributed by atoms with Crippen LogP contribution in [-0.4, -0.2) is 30.5 Å². The molecule has 0 amide bonds. The van der Waals surface area contributed by atoms with E-state index in [1.165, 1.54) is 12.4 Å². The van der Waals surface area contributed by atoms with Crippen LogP contribution in [0.4, 0.5) is 0 Å². The topological polar surface area (TPSA) is 83.7 Å². The fourth-order valence-electron chi connectivity index (χ4n) is 3.00. The summed E-state index contributed by atoms with van der Waals surface area (Å²) < 4.78 is 11.9. The van der Waals surface area contributed by atoms with Crippen LogP contribution in [0.1, 0.15) is 41.9 Å². The molecule has 2 fully saturated rings. The van der Waals surface area contributed by atoms with Crippen molar-refractivity contribution in [1.29, 1.82) is 5.26 Å². The molecule has 19 heavy (non-hydrogen) atoms. The minimum absolute atomic E-state index is 0.0260. The quantitative estimate of drug-likeness (QED) is 0.758. The largest absolute Gasteiger partial charge is 0.294 e. The molecule has 2 saturated heterocycles. The molecule has 2 unspecified atom stereocenters. The fraction of sp³-hybridized carbons (Fsp3) is 0.538. The molecule has 0 radical (unpaired) electrons. The standard InChI is InChI=1S/C13H13N3O2S/c14-5-12-15-6-9(7-16-12)13(17)8-3-10-1-2-11(4-8)19(10)18/h6-8,10-11H,1-4H2. The molecule has 98 valence electrons. The second-order valence-corrected chi connectivity index (χ2v) is 7.08. The SMILES string of the molecule is N#Cc1ncc(C(=O)C2CC3CCC(C2)S3=O)cn1. The summed E-state index contributed by atoms with van der Waals surface area (Å²) in [5.41, 5.74) is 0.455. The first kappa shape index (κ1) is 12.4. The van der Waals surface area contributed by atoms with E-state index in [1.807, 2.05) is 6.07 Å². The third-order valence-electron chi connectivity index (χ3n) is 3.97. The smallest absolute Gasteiger partial charge is 0.232 e. The summed E-state index contributed by atoms with van der Waals surface area (Å²) in [6.45, 7) is 0. The Kier molecular flexibility index (Phi) is 3.15. The number of ketones is 1. The lowest BCUT2D eigenvalue weighted by atomic mass is 9.91. The summed E-state index contributed by atoms with van der Waals surface area (Å²) in [5, 5.41) is 9.00. The zero-order valence-electron chi connectivity index (χ0n) is 10.3. The number of nitriles is 1. The van der Waals surface area contributed by atoms with E-state index in [4.69, 9.17) is 5.26 Å². The fourth-order valence-corrected chi connectivity index (χ4v) is 5.12. The number of carbonyl (C=O) groups is 1. The molecule has 2 aliphatic heterocycles. The van der Waals surface area contributed by atoms with E-state index >= 15 is 0 Å². The second kappa shape index (κ2) is 4.82. The van der Waals surface area contributed by atoms with Crippen LogP contribution in [-0.2, 0) is 10.8 Å². The molecule has 0 saturated carbocycles. The van der Waals surface area contributed by atoms with Crippen LogP contribution in [0.25, 0.3) is 0 Å². The van der Waals surface area contributed by atoms with Gasteiger partial charge in [0.25, 0.3) is 0 Å². The first-order chi connectivity index (χ1) is 9.19. The van der Waals surface area contributed by atoms with Crippen molar-refractivity contribution in [3.8, 4) is 6.07 Å². The molecular weight excluding hydrogens is 262 g/mol. The van der Waals surface area contributed by atoms with Crippen molar-refractivity contribution in [2.24, 2.45) is 5.92 Å². The van der Waals surface area contributed by atoms with Crippen molar-refractivity contribution in [1.82, 2.24) is 9.97 Å². The van der Waals surface area contributed by atoms with E-state index in [-0.39, 0.29) is 28.0 Å². The highest BCUT2D eigenvalue weighted by Crippen LogP contribution is 2.39. The summed E-state index contributed by atoms with van der Waals surface area (Å²) in [6, 6.07) is 1.83. The van der Waals surface area contributed by atoms with E-state index in [2.05, 4.69) is 9.97 Å². The summed E-state index contributed by atoms with van der Waals surface area (Å²) >= 11 is 0. The lowest BCUT2D eigenvalue weighted by molar-refractivity contribution is 0.0905. The Morgan fingerprint density at radius 3 is 2.37 bits per heavy atom. The Morgan fingerprint density at radius 1 is 1.26 bits per heavy atom. The lowest BCUT2D eigenvalue weighted by Crippen LogP contribution is -2.32. The molecule has 3 rings (SSSR count). The summed E-state index contributed by atoms with van der Waals surface area (Å²) in [7, 11) is -0.744. The zero-order chi connectivity index (χ0) is 13.4. The maximum Gasteiger partial charge on any atom is 0.232 e. The highest BCUT2D eigenvalue weighted by Gasteiger charge is 2.42. The summed E-state index contributed by atoms with van der Waals surface area (Å²) in [4.78, 5) is 20.0. The molecule has 1 aromatic rings. The minimum atomic E-state index is -0.744. The Bertz CT molecular complexity index is 563. The van der Waals surface area contributed by atoms with E-state index < -0.39 is 10.8 Å². The maximum atomic E-state index is 12.4. The predicted octanol–water partition coefficient (Wildman–Crippen LogP) is 1.22. The van der Waals surface area contributed by atoms with Crippen LogP contribution in [0.3, 0.4) is 0 Å². The first-order valence-electron chi connectivity index (χ1n) is 6.34. The number of carbonyl (C=O) groups excluding carboxylic acids is 1. The number of hydrogen-bond acceptors (Lipinski definition) is 5. The maximum absolute atomic E-state index is 12.4. The van der Waals surface area contributed by atoms with Gasteiger partial charge in [-0.3, -0.25) is 9.00 Å². The number of hydrogen-bond donors (Lipinski definition) is 0. The van der Waals surface area contributed by atoms with Crippen molar-refractivity contribution in [2.45, 2.75) is 36.2 Å². The van der Waals surface area contributed by atoms with Crippen LogP contribution in [0, 0.1) is 17.2 Å². The normalized spacial score (nSPS) is 32.8. The molecular formula is C13H13N3O2S. The molecule has 0 aromatic carbocycles. The number of aromatic nitrogens is 2. The predicted molar refractivity (Wildman–Crippen MR) is 68.8 cm³/mol. The second-order valence-electron chi connectivity index (χ2n) is 5.09. The van der Waals surface area contributed by atoms with Gasteiger partial charge in [0.15, 0.2) is 5.78 Å². The zero-order valence-corrected chi connectivity index (χ0v) is 11.1. The van der Waals surface area contributed by atoms with Crippen molar-refractivity contribution in [3.05, 3.63) is 23.8 Å². The molecule has 6 heteroatoms. The summed E-state index contributed by atoms with van der Waals surface area (Å²) in [6.07, 6.45) is 6.21. The first-order valence-corrected chi connectivity index (χ1v) is 7.62. The van der Waals surface area contributed by atoms with Gasteiger partial charge < -0.3 is 0 Å². The highest BCUT2D eigenvalue weighted by atomic mass is 32.2. The van der Waals surface area contributed by atoms with Gasteiger partial charge in [0.1, 0.15) is 6.07 Å². The molecule has 0 spiro atoms. The van der Waals surface area contributed by atoms with Crippen LogP contribution in [0.15, 0.2) is 12.4 Å². The van der Waals surface area contributed by atoms with Crippen molar-refractivity contribution in [3.63, 3.8) is 0 Å². The molecule has 2 bridgehead atoms. The van der Waals surface area contributed by atoms with Crippen LogP contribution >= 0.6 is 0 Å². The van der Waals surface area contributed by atoms with Crippen molar-refractivity contribution in [2.75, 3.05) is 0 Å². The van der Waals surface area contributed by atoms with E-state index in [9.17, 15) is 9.00 Å². The van der Waals surface area contributed by atoms with E-state index in [1.54, 1.807) is 0 Å². The van der Waals surface area contributed by atoms with Gasteiger partial charge in [0.05, 0.1) is 5.56 Å². The van der Waals surface area contributed by atoms with Gasteiger partial charge in [-0.25, -0.2) is 9.97 Å². The van der Waals surface area contributed by atoms with Gasteiger partial charge in [-0.2, -0.15) is 5.26 Å². The average Bonchev–Trinajstić information content (AvgIpc) is 2.68. The van der Waals surface area contributed by atoms with Gasteiger partial charge >= 0.3 is 0 Å². The molecule has 3 heterocycles. The van der Waals surface area contributed by atoms with Gasteiger partial charge in [0, 0.05) is 39.6 Å².